The Morgan fingerprint density at radius 3 is 3.07 bits per heavy atom. The van der Waals surface area contributed by atoms with Gasteiger partial charge in [-0.1, -0.05) is 22.0 Å². The van der Waals surface area contributed by atoms with E-state index in [1.807, 2.05) is 37.4 Å². The largest absolute Gasteiger partial charge is 0.491 e. The second-order valence-electron chi connectivity index (χ2n) is 3.03. The third-order valence-corrected chi connectivity index (χ3v) is 2.44. The summed E-state index contributed by atoms with van der Waals surface area (Å²) in [6.45, 7) is 2.61. The van der Waals surface area contributed by atoms with E-state index in [4.69, 9.17) is 4.74 Å². The van der Waals surface area contributed by atoms with E-state index in [1.165, 1.54) is 0 Å². The van der Waals surface area contributed by atoms with E-state index in [1.54, 1.807) is 10.9 Å². The monoisotopic (exact) mass is 266 g/mol. The van der Waals surface area contributed by atoms with Gasteiger partial charge >= 0.3 is 0 Å². The minimum absolute atomic E-state index is 0.657. The fraction of sp³-hybridized carbons (Fsp3) is 0.182. The molecular weight excluding hydrogens is 256 g/mol. The summed E-state index contributed by atoms with van der Waals surface area (Å²) >= 11 is 3.42. The van der Waals surface area contributed by atoms with Crippen LogP contribution in [0.5, 0.6) is 5.75 Å². The molecular formula is C11H11BrN2O. The molecule has 2 rings (SSSR count). The second kappa shape index (κ2) is 4.49. The topological polar surface area (TPSA) is 27.1 Å². The lowest BCUT2D eigenvalue weighted by molar-refractivity contribution is 0.340. The Labute approximate surface area is 96.8 Å². The Morgan fingerprint density at radius 2 is 2.33 bits per heavy atom. The van der Waals surface area contributed by atoms with E-state index in [2.05, 4.69) is 21.0 Å². The number of aromatic nitrogens is 2. The van der Waals surface area contributed by atoms with Crippen molar-refractivity contribution in [3.8, 4) is 11.4 Å². The van der Waals surface area contributed by atoms with Gasteiger partial charge in [0.1, 0.15) is 0 Å². The van der Waals surface area contributed by atoms with Gasteiger partial charge < -0.3 is 4.74 Å². The summed E-state index contributed by atoms with van der Waals surface area (Å²) in [6.07, 6.45) is 3.58. The maximum absolute atomic E-state index is 5.34. The highest BCUT2D eigenvalue weighted by molar-refractivity contribution is 9.10. The van der Waals surface area contributed by atoms with Gasteiger partial charge in [0.25, 0.3) is 0 Å². The number of halogens is 1. The van der Waals surface area contributed by atoms with Crippen molar-refractivity contribution >= 4 is 15.9 Å². The molecule has 0 spiro atoms. The Bertz CT molecular complexity index is 453. The first-order valence-electron chi connectivity index (χ1n) is 4.73. The standard InChI is InChI=1S/C11H11BrN2O/c1-2-15-11-7-13-14(8-11)10-5-3-4-9(12)6-10/h3-8H,2H2,1H3. The average molecular weight is 267 g/mol. The summed E-state index contributed by atoms with van der Waals surface area (Å²) < 4.78 is 8.17. The van der Waals surface area contributed by atoms with Crippen molar-refractivity contribution in [1.29, 1.82) is 0 Å². The first-order valence-corrected chi connectivity index (χ1v) is 5.52. The number of hydrogen-bond acceptors (Lipinski definition) is 2. The number of ether oxygens (including phenoxy) is 1. The van der Waals surface area contributed by atoms with Crippen LogP contribution >= 0.6 is 15.9 Å². The smallest absolute Gasteiger partial charge is 0.157 e. The van der Waals surface area contributed by atoms with Gasteiger partial charge in [-0.05, 0) is 25.1 Å². The quantitative estimate of drug-likeness (QED) is 0.854. The predicted octanol–water partition coefficient (Wildman–Crippen LogP) is 3.03. The van der Waals surface area contributed by atoms with Crippen LogP contribution < -0.4 is 4.74 Å². The zero-order valence-corrected chi connectivity index (χ0v) is 9.94. The SMILES string of the molecule is CCOc1cnn(-c2cccc(Br)c2)c1. The van der Waals surface area contributed by atoms with E-state index in [9.17, 15) is 0 Å². The molecule has 0 amide bonds. The van der Waals surface area contributed by atoms with E-state index in [0.29, 0.717) is 6.61 Å². The molecule has 0 bridgehead atoms. The van der Waals surface area contributed by atoms with E-state index >= 15 is 0 Å². The molecule has 0 unspecified atom stereocenters. The summed E-state index contributed by atoms with van der Waals surface area (Å²) in [5.74, 6) is 0.789. The van der Waals surface area contributed by atoms with Crippen molar-refractivity contribution < 1.29 is 4.74 Å². The molecule has 0 aliphatic heterocycles. The molecule has 0 saturated carbocycles. The van der Waals surface area contributed by atoms with E-state index < -0.39 is 0 Å². The van der Waals surface area contributed by atoms with Gasteiger partial charge in [0, 0.05) is 4.47 Å². The first kappa shape index (κ1) is 10.2. The van der Waals surface area contributed by atoms with Crippen molar-refractivity contribution in [2.75, 3.05) is 6.61 Å². The van der Waals surface area contributed by atoms with Gasteiger partial charge in [-0.2, -0.15) is 5.10 Å². The zero-order chi connectivity index (χ0) is 10.7. The molecule has 0 fully saturated rings. The maximum Gasteiger partial charge on any atom is 0.157 e. The normalized spacial score (nSPS) is 10.3. The zero-order valence-electron chi connectivity index (χ0n) is 8.35. The van der Waals surface area contributed by atoms with Crippen LogP contribution in [0.3, 0.4) is 0 Å². The highest BCUT2D eigenvalue weighted by atomic mass is 79.9. The fourth-order valence-electron chi connectivity index (χ4n) is 1.31. The molecule has 0 aliphatic carbocycles. The molecule has 1 aromatic heterocycles. The van der Waals surface area contributed by atoms with Gasteiger partial charge in [0.15, 0.2) is 5.75 Å². The van der Waals surface area contributed by atoms with E-state index in [0.717, 1.165) is 15.9 Å². The second-order valence-corrected chi connectivity index (χ2v) is 3.95. The molecule has 2 aromatic rings. The van der Waals surface area contributed by atoms with Crippen molar-refractivity contribution in [2.24, 2.45) is 0 Å². The number of nitrogens with zero attached hydrogens (tertiary/aromatic N) is 2. The molecule has 0 N–H and O–H groups in total. The molecule has 15 heavy (non-hydrogen) atoms. The molecule has 0 atom stereocenters. The van der Waals surface area contributed by atoms with Gasteiger partial charge in [0.2, 0.25) is 0 Å². The molecule has 78 valence electrons. The highest BCUT2D eigenvalue weighted by Crippen LogP contribution is 2.17. The highest BCUT2D eigenvalue weighted by Gasteiger charge is 2.01. The predicted molar refractivity (Wildman–Crippen MR) is 62.4 cm³/mol. The Hall–Kier alpha value is -1.29. The van der Waals surface area contributed by atoms with Crippen molar-refractivity contribution in [3.63, 3.8) is 0 Å². The van der Waals surface area contributed by atoms with Crippen LogP contribution in [0, 0.1) is 0 Å². The van der Waals surface area contributed by atoms with E-state index in [-0.39, 0.29) is 0 Å². The molecule has 1 heterocycles. The van der Waals surface area contributed by atoms with Crippen LogP contribution in [0.25, 0.3) is 5.69 Å². The van der Waals surface area contributed by atoms with Gasteiger partial charge in [-0.3, -0.25) is 0 Å². The van der Waals surface area contributed by atoms with Gasteiger partial charge in [-0.15, -0.1) is 0 Å². The molecule has 0 radical (unpaired) electrons. The lowest BCUT2D eigenvalue weighted by Gasteiger charge is -2.00. The Kier molecular flexibility index (Phi) is 3.06. The minimum Gasteiger partial charge on any atom is -0.491 e. The van der Waals surface area contributed by atoms with Crippen LogP contribution in [-0.4, -0.2) is 16.4 Å². The molecule has 1 aromatic carbocycles. The summed E-state index contributed by atoms with van der Waals surface area (Å²) in [4.78, 5) is 0. The number of rotatable bonds is 3. The van der Waals surface area contributed by atoms with Gasteiger partial charge in [0.05, 0.1) is 24.7 Å². The van der Waals surface area contributed by atoms with Crippen LogP contribution in [-0.2, 0) is 0 Å². The summed E-state index contributed by atoms with van der Waals surface area (Å²) in [6, 6.07) is 7.95. The third-order valence-electron chi connectivity index (χ3n) is 1.94. The lowest BCUT2D eigenvalue weighted by atomic mass is 10.3. The van der Waals surface area contributed by atoms with Crippen LogP contribution in [0.4, 0.5) is 0 Å². The Balaban J connectivity index is 2.29. The minimum atomic E-state index is 0.657. The van der Waals surface area contributed by atoms with Crippen molar-refractivity contribution in [2.45, 2.75) is 6.92 Å². The average Bonchev–Trinajstić information content (AvgIpc) is 2.67. The van der Waals surface area contributed by atoms with Crippen LogP contribution in [0.1, 0.15) is 6.92 Å². The molecule has 3 nitrogen and oxygen atoms in total. The Morgan fingerprint density at radius 1 is 1.47 bits per heavy atom. The first-order chi connectivity index (χ1) is 7.29. The fourth-order valence-corrected chi connectivity index (χ4v) is 1.69. The van der Waals surface area contributed by atoms with Crippen LogP contribution in [0.2, 0.25) is 0 Å². The van der Waals surface area contributed by atoms with Gasteiger partial charge in [-0.25, -0.2) is 4.68 Å². The summed E-state index contributed by atoms with van der Waals surface area (Å²) in [5, 5.41) is 4.22. The molecule has 4 heteroatoms. The lowest BCUT2D eigenvalue weighted by Crippen LogP contribution is -1.93. The number of benzene rings is 1. The third kappa shape index (κ3) is 2.39. The molecule has 0 saturated heterocycles. The molecule has 0 aliphatic rings. The van der Waals surface area contributed by atoms with Crippen molar-refractivity contribution in [3.05, 3.63) is 41.1 Å². The van der Waals surface area contributed by atoms with Crippen LogP contribution in [0.15, 0.2) is 41.1 Å². The number of hydrogen-bond donors (Lipinski definition) is 0. The van der Waals surface area contributed by atoms with Crippen molar-refractivity contribution in [1.82, 2.24) is 9.78 Å². The maximum atomic E-state index is 5.34. The summed E-state index contributed by atoms with van der Waals surface area (Å²) in [5.41, 5.74) is 1.01. The summed E-state index contributed by atoms with van der Waals surface area (Å²) in [7, 11) is 0.